The van der Waals surface area contributed by atoms with E-state index in [1.54, 1.807) is 42.5 Å². The van der Waals surface area contributed by atoms with Gasteiger partial charge in [-0.05, 0) is 29.3 Å². The van der Waals surface area contributed by atoms with Crippen LogP contribution in [-0.4, -0.2) is 28.7 Å². The van der Waals surface area contributed by atoms with E-state index in [4.69, 9.17) is 21.1 Å². The molecule has 0 bridgehead atoms. The summed E-state index contributed by atoms with van der Waals surface area (Å²) in [6.07, 6.45) is -4.85. The lowest BCUT2D eigenvalue weighted by atomic mass is 9.96. The zero-order valence-electron chi connectivity index (χ0n) is 17.0. The van der Waals surface area contributed by atoms with Crippen molar-refractivity contribution in [2.75, 3.05) is 12.1 Å². The minimum atomic E-state index is -4.55. The van der Waals surface area contributed by atoms with Crippen LogP contribution in [0.15, 0.2) is 48.5 Å². The van der Waals surface area contributed by atoms with Crippen LogP contribution in [0.2, 0.25) is 5.02 Å². The van der Waals surface area contributed by atoms with E-state index in [1.165, 1.54) is 6.07 Å². The Morgan fingerprint density at radius 1 is 1.18 bits per heavy atom. The number of ether oxygens (including phenoxy) is 2. The van der Waals surface area contributed by atoms with Crippen LogP contribution in [0.1, 0.15) is 40.1 Å². The smallest absolute Gasteiger partial charge is 0.410 e. The zero-order valence-corrected chi connectivity index (χ0v) is 17.8. The highest BCUT2D eigenvalue weighted by atomic mass is 35.5. The van der Waals surface area contributed by atoms with Crippen molar-refractivity contribution in [3.63, 3.8) is 0 Å². The lowest BCUT2D eigenvalue weighted by molar-refractivity contribution is -0.173. The SMILES string of the molecule is O=C(NCc1ccccc1Cl)c1cc2n(n1)[C@H](C(F)(F)F)C[C@H](c1ccc3c(c1)OCO3)N2. The van der Waals surface area contributed by atoms with Crippen molar-refractivity contribution in [3.8, 4) is 11.5 Å². The summed E-state index contributed by atoms with van der Waals surface area (Å²) in [5.74, 6) is 0.536. The van der Waals surface area contributed by atoms with Crippen molar-refractivity contribution in [1.29, 1.82) is 0 Å². The zero-order chi connectivity index (χ0) is 23.2. The van der Waals surface area contributed by atoms with Gasteiger partial charge in [0.25, 0.3) is 5.91 Å². The van der Waals surface area contributed by atoms with E-state index in [-0.39, 0.29) is 31.3 Å². The van der Waals surface area contributed by atoms with Crippen LogP contribution in [0.5, 0.6) is 11.5 Å². The summed E-state index contributed by atoms with van der Waals surface area (Å²) in [5.41, 5.74) is 1.18. The fraction of sp³-hybridized carbons (Fsp3) is 0.273. The molecule has 1 aromatic heterocycles. The van der Waals surface area contributed by atoms with Crippen LogP contribution in [0, 0.1) is 0 Å². The number of nitrogens with one attached hydrogen (secondary N) is 2. The highest BCUT2D eigenvalue weighted by Crippen LogP contribution is 2.45. The normalized spacial score (nSPS) is 19.0. The number of rotatable bonds is 4. The Morgan fingerprint density at radius 3 is 2.76 bits per heavy atom. The van der Waals surface area contributed by atoms with E-state index in [9.17, 15) is 18.0 Å². The van der Waals surface area contributed by atoms with E-state index >= 15 is 0 Å². The molecule has 3 aromatic rings. The van der Waals surface area contributed by atoms with Crippen molar-refractivity contribution in [3.05, 3.63) is 70.4 Å². The monoisotopic (exact) mass is 478 g/mol. The number of nitrogens with zero attached hydrogens (tertiary/aromatic N) is 2. The summed E-state index contributed by atoms with van der Waals surface area (Å²) >= 11 is 6.09. The highest BCUT2D eigenvalue weighted by molar-refractivity contribution is 6.31. The second-order valence-electron chi connectivity index (χ2n) is 7.74. The molecule has 2 aromatic carbocycles. The van der Waals surface area contributed by atoms with E-state index in [0.717, 1.165) is 4.68 Å². The summed E-state index contributed by atoms with van der Waals surface area (Å²) in [4.78, 5) is 12.6. The summed E-state index contributed by atoms with van der Waals surface area (Å²) in [6.45, 7) is 0.193. The van der Waals surface area contributed by atoms with Gasteiger partial charge < -0.3 is 20.1 Å². The molecule has 1 amide bonds. The van der Waals surface area contributed by atoms with Crippen molar-refractivity contribution in [2.24, 2.45) is 0 Å². The average molecular weight is 479 g/mol. The van der Waals surface area contributed by atoms with Gasteiger partial charge in [-0.2, -0.15) is 18.3 Å². The topological polar surface area (TPSA) is 77.4 Å². The predicted octanol–water partition coefficient (Wildman–Crippen LogP) is 4.86. The number of benzene rings is 2. The molecule has 0 aliphatic carbocycles. The third-order valence-corrected chi connectivity index (χ3v) is 5.99. The Hall–Kier alpha value is -3.40. The Labute approximate surface area is 191 Å². The van der Waals surface area contributed by atoms with Gasteiger partial charge in [0.15, 0.2) is 23.2 Å². The summed E-state index contributed by atoms with van der Waals surface area (Å²) in [7, 11) is 0. The molecular weight excluding hydrogens is 461 g/mol. The van der Waals surface area contributed by atoms with Gasteiger partial charge in [-0.3, -0.25) is 4.79 Å². The quantitative estimate of drug-likeness (QED) is 0.560. The van der Waals surface area contributed by atoms with Crippen LogP contribution in [0.3, 0.4) is 0 Å². The van der Waals surface area contributed by atoms with E-state index in [1.807, 2.05) is 0 Å². The van der Waals surface area contributed by atoms with Gasteiger partial charge in [-0.1, -0.05) is 35.9 Å². The first-order chi connectivity index (χ1) is 15.8. The second-order valence-corrected chi connectivity index (χ2v) is 8.14. The Bertz CT molecular complexity index is 1210. The van der Waals surface area contributed by atoms with Gasteiger partial charge in [-0.25, -0.2) is 4.68 Å². The molecule has 5 rings (SSSR count). The third-order valence-electron chi connectivity index (χ3n) is 5.62. The molecule has 7 nitrogen and oxygen atoms in total. The summed E-state index contributed by atoms with van der Waals surface area (Å²) in [5, 5.41) is 10.2. The molecular formula is C22H18ClF3N4O3. The average Bonchev–Trinajstić information content (AvgIpc) is 3.43. The molecule has 0 saturated heterocycles. The van der Waals surface area contributed by atoms with Crippen LogP contribution in [0.25, 0.3) is 0 Å². The number of aromatic nitrogens is 2. The fourth-order valence-corrected chi connectivity index (χ4v) is 4.14. The van der Waals surface area contributed by atoms with E-state index in [2.05, 4.69) is 15.7 Å². The van der Waals surface area contributed by atoms with E-state index in [0.29, 0.717) is 27.6 Å². The van der Waals surface area contributed by atoms with Gasteiger partial charge >= 0.3 is 6.18 Å². The minimum absolute atomic E-state index is 0.0709. The maximum absolute atomic E-state index is 13.9. The van der Waals surface area contributed by atoms with Crippen LogP contribution in [-0.2, 0) is 6.54 Å². The summed E-state index contributed by atoms with van der Waals surface area (Å²) < 4.78 is 53.2. The molecule has 0 unspecified atom stereocenters. The summed E-state index contributed by atoms with van der Waals surface area (Å²) in [6, 6.07) is 10.8. The Kier molecular flexibility index (Phi) is 5.32. The van der Waals surface area contributed by atoms with Gasteiger partial charge in [0.1, 0.15) is 5.82 Å². The largest absolute Gasteiger partial charge is 0.454 e. The van der Waals surface area contributed by atoms with Gasteiger partial charge in [0.2, 0.25) is 6.79 Å². The lowest BCUT2D eigenvalue weighted by Crippen LogP contribution is -2.35. The van der Waals surface area contributed by atoms with Crippen molar-refractivity contribution < 1.29 is 27.4 Å². The second kappa shape index (κ2) is 8.18. The van der Waals surface area contributed by atoms with Crippen molar-refractivity contribution >= 4 is 23.3 Å². The van der Waals surface area contributed by atoms with Crippen LogP contribution in [0.4, 0.5) is 19.0 Å². The molecule has 2 aliphatic heterocycles. The first kappa shape index (κ1) is 21.4. The maximum Gasteiger partial charge on any atom is 0.410 e. The molecule has 2 aliphatic rings. The predicted molar refractivity (Wildman–Crippen MR) is 113 cm³/mol. The van der Waals surface area contributed by atoms with Crippen LogP contribution >= 0.6 is 11.6 Å². The number of alkyl halides is 3. The first-order valence-corrected chi connectivity index (χ1v) is 10.5. The Balaban J connectivity index is 1.40. The molecule has 172 valence electrons. The molecule has 0 spiro atoms. The number of fused-ring (bicyclic) bond motifs is 2. The third kappa shape index (κ3) is 4.18. The number of carbonyl (C=O) groups excluding carboxylic acids is 1. The van der Waals surface area contributed by atoms with Gasteiger partial charge in [0.05, 0.1) is 6.04 Å². The van der Waals surface area contributed by atoms with Crippen LogP contribution < -0.4 is 20.1 Å². The fourth-order valence-electron chi connectivity index (χ4n) is 3.94. The van der Waals surface area contributed by atoms with Gasteiger partial charge in [0, 0.05) is 24.1 Å². The molecule has 3 heterocycles. The molecule has 0 radical (unpaired) electrons. The highest BCUT2D eigenvalue weighted by Gasteiger charge is 2.47. The standard InChI is InChI=1S/C22H18ClF3N4O3/c23-14-4-2-1-3-13(14)10-27-21(31)16-9-20-28-15(8-19(22(24,25)26)30(20)29-16)12-5-6-17-18(7-12)33-11-32-17/h1-7,9,15,19,28H,8,10-11H2,(H,27,31)/t15-,19+/m1/s1. The molecule has 0 fully saturated rings. The van der Waals surface area contributed by atoms with E-state index < -0.39 is 24.2 Å². The molecule has 2 N–H and O–H groups in total. The number of carbonyl (C=O) groups is 1. The first-order valence-electron chi connectivity index (χ1n) is 10.1. The number of anilines is 1. The van der Waals surface area contributed by atoms with Gasteiger partial charge in [-0.15, -0.1) is 0 Å². The number of hydrogen-bond acceptors (Lipinski definition) is 5. The molecule has 0 saturated carbocycles. The molecule has 33 heavy (non-hydrogen) atoms. The Morgan fingerprint density at radius 2 is 1.97 bits per heavy atom. The van der Waals surface area contributed by atoms with Crippen molar-refractivity contribution in [1.82, 2.24) is 15.1 Å². The maximum atomic E-state index is 13.9. The number of amides is 1. The minimum Gasteiger partial charge on any atom is -0.454 e. The van der Waals surface area contributed by atoms with Crippen molar-refractivity contribution in [2.45, 2.75) is 31.2 Å². The lowest BCUT2D eigenvalue weighted by Gasteiger charge is -2.33. The molecule has 11 heteroatoms. The number of halogens is 4. The number of hydrogen-bond donors (Lipinski definition) is 2. The molecule has 2 atom stereocenters.